The Morgan fingerprint density at radius 3 is 2.38 bits per heavy atom. The number of nitrogens with zero attached hydrogens (tertiary/aromatic N) is 1. The number of pyridine rings is 1. The van der Waals surface area contributed by atoms with Gasteiger partial charge in [-0.25, -0.2) is 12.8 Å². The van der Waals surface area contributed by atoms with Gasteiger partial charge in [0.15, 0.2) is 0 Å². The molecule has 1 heterocycles. The minimum absolute atomic E-state index is 0.00795. The van der Waals surface area contributed by atoms with Gasteiger partial charge in [0, 0.05) is 17.3 Å². The Labute approximate surface area is 183 Å². The minimum Gasteiger partial charge on any atom is -0.336 e. The second-order valence-electron chi connectivity index (χ2n) is 7.34. The van der Waals surface area contributed by atoms with Crippen LogP contribution in [0.5, 0.6) is 0 Å². The first-order chi connectivity index (χ1) is 15.3. The number of hydrogen-bond acceptors (Lipinski definition) is 4. The van der Waals surface area contributed by atoms with Gasteiger partial charge in [-0.1, -0.05) is 29.8 Å². The Bertz CT molecular complexity index is 1480. The second-order valence-corrected chi connectivity index (χ2v) is 9.26. The zero-order valence-corrected chi connectivity index (χ0v) is 17.9. The van der Waals surface area contributed by atoms with Crippen molar-refractivity contribution in [3.63, 3.8) is 0 Å². The third kappa shape index (κ3) is 4.17. The number of nitrogens with one attached hydrogen (secondary N) is 1. The van der Waals surface area contributed by atoms with Crippen molar-refractivity contribution in [2.45, 2.75) is 23.3 Å². The van der Waals surface area contributed by atoms with E-state index in [4.69, 9.17) is 0 Å². The lowest BCUT2D eigenvalue weighted by atomic mass is 10.1. The lowest BCUT2D eigenvalue weighted by Gasteiger charge is -2.14. The molecule has 4 aromatic rings. The molecule has 6 nitrogen and oxygen atoms in total. The van der Waals surface area contributed by atoms with Crippen LogP contribution in [0, 0.1) is 12.7 Å². The van der Waals surface area contributed by atoms with Crippen molar-refractivity contribution in [2.24, 2.45) is 0 Å². The van der Waals surface area contributed by atoms with Crippen LogP contribution in [0.1, 0.15) is 5.56 Å². The molecule has 4 rings (SSSR count). The summed E-state index contributed by atoms with van der Waals surface area (Å²) in [5, 5.41) is 2.85. The van der Waals surface area contributed by atoms with Crippen molar-refractivity contribution < 1.29 is 17.6 Å². The van der Waals surface area contributed by atoms with Gasteiger partial charge in [-0.3, -0.25) is 9.59 Å². The number of anilines is 1. The van der Waals surface area contributed by atoms with Gasteiger partial charge in [-0.05, 0) is 55.5 Å². The molecule has 0 unspecified atom stereocenters. The quantitative estimate of drug-likeness (QED) is 0.499. The summed E-state index contributed by atoms with van der Waals surface area (Å²) >= 11 is 0. The van der Waals surface area contributed by atoms with Crippen molar-refractivity contribution in [3.8, 4) is 0 Å². The standard InChI is InChI=1S/C24H19FN2O4S/c1-16-7-12-21-20(13-16)24(29)22(32(30,31)19-5-3-2-4-6-19)14-27(21)15-23(28)26-18-10-8-17(25)9-11-18/h2-14H,15H2,1H3,(H,26,28). The van der Waals surface area contributed by atoms with Gasteiger partial charge in [0.05, 0.1) is 10.4 Å². The number of amides is 1. The van der Waals surface area contributed by atoms with Crippen LogP contribution in [-0.4, -0.2) is 18.9 Å². The molecule has 8 heteroatoms. The summed E-state index contributed by atoms with van der Waals surface area (Å²) in [5.74, 6) is -0.884. The Balaban J connectivity index is 1.81. The fourth-order valence-electron chi connectivity index (χ4n) is 3.42. The van der Waals surface area contributed by atoms with Crippen LogP contribution in [0.4, 0.5) is 10.1 Å². The van der Waals surface area contributed by atoms with Gasteiger partial charge in [-0.15, -0.1) is 0 Å². The van der Waals surface area contributed by atoms with E-state index in [0.29, 0.717) is 11.2 Å². The molecule has 0 bridgehead atoms. The summed E-state index contributed by atoms with van der Waals surface area (Å²) in [6, 6.07) is 18.0. The highest BCUT2D eigenvalue weighted by Gasteiger charge is 2.24. The molecule has 1 N–H and O–H groups in total. The van der Waals surface area contributed by atoms with Crippen molar-refractivity contribution in [2.75, 3.05) is 5.32 Å². The average molecular weight is 450 g/mol. The molecular weight excluding hydrogens is 431 g/mol. The molecule has 1 amide bonds. The maximum absolute atomic E-state index is 13.2. The lowest BCUT2D eigenvalue weighted by molar-refractivity contribution is -0.116. The van der Waals surface area contributed by atoms with Crippen molar-refractivity contribution >= 4 is 32.3 Å². The minimum atomic E-state index is -4.10. The summed E-state index contributed by atoms with van der Waals surface area (Å²) in [5.41, 5.74) is 0.991. The van der Waals surface area contributed by atoms with E-state index in [1.54, 1.807) is 43.3 Å². The van der Waals surface area contributed by atoms with E-state index in [2.05, 4.69) is 5.32 Å². The van der Waals surface area contributed by atoms with E-state index in [0.717, 1.165) is 5.56 Å². The first kappa shape index (κ1) is 21.5. The molecule has 3 aromatic carbocycles. The van der Waals surface area contributed by atoms with Crippen molar-refractivity contribution in [1.29, 1.82) is 0 Å². The maximum Gasteiger partial charge on any atom is 0.244 e. The SMILES string of the molecule is Cc1ccc2c(c1)c(=O)c(S(=O)(=O)c1ccccc1)cn2CC(=O)Nc1ccc(F)cc1. The van der Waals surface area contributed by atoms with Crippen LogP contribution in [0.3, 0.4) is 0 Å². The molecular formula is C24H19FN2O4S. The topological polar surface area (TPSA) is 85.2 Å². The van der Waals surface area contributed by atoms with Gasteiger partial charge in [0.2, 0.25) is 21.2 Å². The Hall–Kier alpha value is -3.78. The fraction of sp³-hybridized carbons (Fsp3) is 0.0833. The molecule has 1 aromatic heterocycles. The van der Waals surface area contributed by atoms with Crippen molar-refractivity contribution in [3.05, 3.63) is 101 Å². The number of rotatable bonds is 5. The number of benzene rings is 3. The summed E-state index contributed by atoms with van der Waals surface area (Å²) < 4.78 is 40.9. The van der Waals surface area contributed by atoms with Gasteiger partial charge in [0.1, 0.15) is 17.3 Å². The molecule has 0 aliphatic carbocycles. The molecule has 0 saturated carbocycles. The normalized spacial score (nSPS) is 11.4. The summed E-state index contributed by atoms with van der Waals surface area (Å²) in [7, 11) is -4.10. The Morgan fingerprint density at radius 1 is 1.00 bits per heavy atom. The molecule has 0 atom stereocenters. The van der Waals surface area contributed by atoms with Gasteiger partial charge in [0.25, 0.3) is 0 Å². The van der Waals surface area contributed by atoms with Crippen molar-refractivity contribution in [1.82, 2.24) is 4.57 Å². The number of aromatic nitrogens is 1. The molecule has 0 spiro atoms. The summed E-state index contributed by atoms with van der Waals surface area (Å²) in [6.07, 6.45) is 1.20. The largest absolute Gasteiger partial charge is 0.336 e. The van der Waals surface area contributed by atoms with E-state index in [-0.39, 0.29) is 16.8 Å². The van der Waals surface area contributed by atoms with E-state index < -0.39 is 31.9 Å². The van der Waals surface area contributed by atoms with E-state index in [1.807, 2.05) is 0 Å². The zero-order chi connectivity index (χ0) is 22.9. The van der Waals surface area contributed by atoms with E-state index >= 15 is 0 Å². The molecule has 0 radical (unpaired) electrons. The zero-order valence-electron chi connectivity index (χ0n) is 17.1. The van der Waals surface area contributed by atoms with Gasteiger partial charge < -0.3 is 9.88 Å². The van der Waals surface area contributed by atoms with Crippen LogP contribution >= 0.6 is 0 Å². The number of carbonyl (C=O) groups excluding carboxylic acids is 1. The highest BCUT2D eigenvalue weighted by molar-refractivity contribution is 7.91. The Morgan fingerprint density at radius 2 is 1.69 bits per heavy atom. The molecule has 162 valence electrons. The lowest BCUT2D eigenvalue weighted by Crippen LogP contribution is -2.24. The second kappa shape index (κ2) is 8.39. The molecule has 0 saturated heterocycles. The maximum atomic E-state index is 13.2. The first-order valence-electron chi connectivity index (χ1n) is 9.75. The van der Waals surface area contributed by atoms with Crippen LogP contribution in [0.15, 0.2) is 93.6 Å². The third-order valence-corrected chi connectivity index (χ3v) is 6.75. The number of sulfone groups is 1. The molecule has 32 heavy (non-hydrogen) atoms. The van der Waals surface area contributed by atoms with Crippen LogP contribution in [-0.2, 0) is 21.2 Å². The van der Waals surface area contributed by atoms with E-state index in [9.17, 15) is 22.4 Å². The van der Waals surface area contributed by atoms with Crippen LogP contribution < -0.4 is 10.7 Å². The highest BCUT2D eigenvalue weighted by Crippen LogP contribution is 2.22. The van der Waals surface area contributed by atoms with Crippen LogP contribution in [0.25, 0.3) is 10.9 Å². The number of hydrogen-bond donors (Lipinski definition) is 1. The third-order valence-electron chi connectivity index (χ3n) is 4.99. The Kier molecular flexibility index (Phi) is 5.63. The predicted octanol–water partition coefficient (Wildman–Crippen LogP) is 3.92. The number of aryl methyl sites for hydroxylation is 1. The molecule has 0 aliphatic rings. The highest BCUT2D eigenvalue weighted by atomic mass is 32.2. The summed E-state index contributed by atoms with van der Waals surface area (Å²) in [6.45, 7) is 1.55. The number of carbonyl (C=O) groups is 1. The molecule has 0 fully saturated rings. The fourth-order valence-corrected chi connectivity index (χ4v) is 4.81. The smallest absolute Gasteiger partial charge is 0.244 e. The average Bonchev–Trinajstić information content (AvgIpc) is 2.77. The summed E-state index contributed by atoms with van der Waals surface area (Å²) in [4.78, 5) is 25.4. The number of halogens is 1. The van der Waals surface area contributed by atoms with Crippen LogP contribution in [0.2, 0.25) is 0 Å². The van der Waals surface area contributed by atoms with E-state index in [1.165, 1.54) is 47.2 Å². The van der Waals surface area contributed by atoms with Gasteiger partial charge in [-0.2, -0.15) is 0 Å². The predicted molar refractivity (Wildman–Crippen MR) is 120 cm³/mol. The number of fused-ring (bicyclic) bond motifs is 1. The molecule has 0 aliphatic heterocycles. The van der Waals surface area contributed by atoms with Gasteiger partial charge >= 0.3 is 0 Å². The monoisotopic (exact) mass is 450 g/mol. The first-order valence-corrected chi connectivity index (χ1v) is 11.2.